The molecule has 3 rings (SSSR count). The van der Waals surface area contributed by atoms with Crippen molar-refractivity contribution in [1.82, 2.24) is 5.32 Å². The molecule has 0 saturated carbocycles. The molecule has 0 aromatic heterocycles. The summed E-state index contributed by atoms with van der Waals surface area (Å²) in [5.74, 6) is 1.29. The van der Waals surface area contributed by atoms with Gasteiger partial charge in [0.2, 0.25) is 12.7 Å². The summed E-state index contributed by atoms with van der Waals surface area (Å²) >= 11 is 0. The Bertz CT molecular complexity index is 708. The third-order valence-corrected chi connectivity index (χ3v) is 3.27. The van der Waals surface area contributed by atoms with Crippen LogP contribution in [0.25, 0.3) is 6.08 Å². The Morgan fingerprint density at radius 3 is 2.73 bits per heavy atom. The molecule has 0 radical (unpaired) electrons. The topological polar surface area (TPSA) is 73.6 Å². The maximum absolute atomic E-state index is 11.8. The third-order valence-electron chi connectivity index (χ3n) is 3.27. The van der Waals surface area contributed by atoms with Crippen molar-refractivity contribution < 1.29 is 14.3 Å². The molecule has 0 atom stereocenters. The van der Waals surface area contributed by atoms with Crippen LogP contribution in [0.5, 0.6) is 11.5 Å². The van der Waals surface area contributed by atoms with Crippen molar-refractivity contribution in [2.45, 2.75) is 6.54 Å². The number of anilines is 1. The number of carbonyl (C=O) groups is 1. The minimum absolute atomic E-state index is 0.158. The van der Waals surface area contributed by atoms with E-state index in [1.807, 2.05) is 30.3 Å². The number of rotatable bonds is 4. The van der Waals surface area contributed by atoms with Crippen LogP contribution in [0.3, 0.4) is 0 Å². The summed E-state index contributed by atoms with van der Waals surface area (Å²) < 4.78 is 10.5. The molecule has 1 heterocycles. The zero-order valence-electron chi connectivity index (χ0n) is 11.9. The van der Waals surface area contributed by atoms with Gasteiger partial charge in [-0.3, -0.25) is 4.79 Å². The van der Waals surface area contributed by atoms with Crippen molar-refractivity contribution >= 4 is 17.7 Å². The number of hydrogen-bond acceptors (Lipinski definition) is 4. The van der Waals surface area contributed by atoms with Crippen molar-refractivity contribution in [3.05, 3.63) is 59.7 Å². The van der Waals surface area contributed by atoms with Crippen molar-refractivity contribution in [1.29, 1.82) is 0 Å². The molecule has 0 fully saturated rings. The molecule has 0 bridgehead atoms. The Balaban J connectivity index is 1.55. The van der Waals surface area contributed by atoms with Gasteiger partial charge in [0.1, 0.15) is 0 Å². The van der Waals surface area contributed by atoms with Gasteiger partial charge in [-0.2, -0.15) is 0 Å². The number of nitrogens with one attached hydrogen (secondary N) is 1. The molecule has 112 valence electrons. The van der Waals surface area contributed by atoms with Crippen LogP contribution in [0, 0.1) is 0 Å². The minimum atomic E-state index is -0.158. The zero-order valence-corrected chi connectivity index (χ0v) is 11.9. The smallest absolute Gasteiger partial charge is 0.244 e. The number of fused-ring (bicyclic) bond motifs is 1. The fourth-order valence-electron chi connectivity index (χ4n) is 2.08. The number of benzene rings is 2. The van der Waals surface area contributed by atoms with Gasteiger partial charge in [-0.1, -0.05) is 18.2 Å². The van der Waals surface area contributed by atoms with Gasteiger partial charge in [0.05, 0.1) is 0 Å². The zero-order chi connectivity index (χ0) is 15.4. The van der Waals surface area contributed by atoms with E-state index < -0.39 is 0 Å². The molecule has 5 nitrogen and oxygen atoms in total. The fourth-order valence-corrected chi connectivity index (χ4v) is 2.08. The average molecular weight is 296 g/mol. The number of ether oxygens (including phenoxy) is 2. The molecule has 2 aromatic carbocycles. The molecule has 0 spiro atoms. The van der Waals surface area contributed by atoms with Gasteiger partial charge in [0, 0.05) is 18.3 Å². The van der Waals surface area contributed by atoms with Crippen LogP contribution in [0.2, 0.25) is 0 Å². The second-order valence-corrected chi connectivity index (χ2v) is 4.91. The Kier molecular flexibility index (Phi) is 3.96. The third kappa shape index (κ3) is 3.38. The first kappa shape index (κ1) is 14.0. The van der Waals surface area contributed by atoms with E-state index in [1.54, 1.807) is 18.2 Å². The monoisotopic (exact) mass is 296 g/mol. The van der Waals surface area contributed by atoms with E-state index in [4.69, 9.17) is 15.2 Å². The van der Waals surface area contributed by atoms with Gasteiger partial charge in [-0.05, 0) is 41.5 Å². The van der Waals surface area contributed by atoms with Crippen molar-refractivity contribution in [3.8, 4) is 11.5 Å². The number of carbonyl (C=O) groups excluding carboxylic acids is 1. The molecule has 22 heavy (non-hydrogen) atoms. The summed E-state index contributed by atoms with van der Waals surface area (Å²) in [6, 6.07) is 12.9. The fraction of sp³-hybridized carbons (Fsp3) is 0.118. The van der Waals surface area contributed by atoms with Crippen molar-refractivity contribution in [3.63, 3.8) is 0 Å². The highest BCUT2D eigenvalue weighted by Gasteiger charge is 2.13. The van der Waals surface area contributed by atoms with Crippen LogP contribution in [0.4, 0.5) is 5.69 Å². The first-order valence-corrected chi connectivity index (χ1v) is 6.91. The Hall–Kier alpha value is -2.95. The summed E-state index contributed by atoms with van der Waals surface area (Å²) in [6.45, 7) is 0.678. The lowest BCUT2D eigenvalue weighted by Crippen LogP contribution is -2.20. The molecule has 1 amide bonds. The van der Waals surface area contributed by atoms with Crippen LogP contribution in [0.1, 0.15) is 11.1 Å². The standard InChI is InChI=1S/C17H16N2O3/c18-14-5-1-12(2-6-14)4-8-17(20)19-10-13-3-7-15-16(9-13)22-11-21-15/h1-9H,10-11,18H2,(H,19,20)/b8-4+. The number of nitrogen functional groups attached to an aromatic ring is 1. The predicted octanol–water partition coefficient (Wildman–Crippen LogP) is 2.33. The summed E-state index contributed by atoms with van der Waals surface area (Å²) in [5, 5.41) is 2.82. The molecule has 1 aliphatic rings. The van der Waals surface area contributed by atoms with Gasteiger partial charge in [-0.15, -0.1) is 0 Å². The molecule has 3 N–H and O–H groups in total. The normalized spacial score (nSPS) is 12.5. The Morgan fingerprint density at radius 2 is 1.91 bits per heavy atom. The minimum Gasteiger partial charge on any atom is -0.454 e. The molecule has 0 saturated heterocycles. The van der Waals surface area contributed by atoms with E-state index in [2.05, 4.69) is 5.32 Å². The summed E-state index contributed by atoms with van der Waals surface area (Å²) in [5.41, 5.74) is 8.19. The van der Waals surface area contributed by atoms with E-state index in [9.17, 15) is 4.79 Å². The van der Waals surface area contributed by atoms with Crippen molar-refractivity contribution in [2.24, 2.45) is 0 Å². The van der Waals surface area contributed by atoms with Crippen LogP contribution >= 0.6 is 0 Å². The van der Waals surface area contributed by atoms with E-state index in [0.717, 1.165) is 16.9 Å². The van der Waals surface area contributed by atoms with Crippen LogP contribution in [-0.2, 0) is 11.3 Å². The maximum Gasteiger partial charge on any atom is 0.244 e. The Labute approximate surface area is 128 Å². The largest absolute Gasteiger partial charge is 0.454 e. The van der Waals surface area contributed by atoms with E-state index >= 15 is 0 Å². The van der Waals surface area contributed by atoms with E-state index in [-0.39, 0.29) is 12.7 Å². The maximum atomic E-state index is 11.8. The second kappa shape index (κ2) is 6.22. The molecule has 0 aliphatic carbocycles. The molecule has 1 aliphatic heterocycles. The van der Waals surface area contributed by atoms with E-state index in [0.29, 0.717) is 18.0 Å². The first-order valence-electron chi connectivity index (χ1n) is 6.91. The molecule has 0 unspecified atom stereocenters. The molecular formula is C17H16N2O3. The highest BCUT2D eigenvalue weighted by atomic mass is 16.7. The van der Waals surface area contributed by atoms with E-state index in [1.165, 1.54) is 6.08 Å². The van der Waals surface area contributed by atoms with Crippen molar-refractivity contribution in [2.75, 3.05) is 12.5 Å². The average Bonchev–Trinajstić information content (AvgIpc) is 3.00. The summed E-state index contributed by atoms with van der Waals surface area (Å²) in [4.78, 5) is 11.8. The SMILES string of the molecule is Nc1ccc(/C=C/C(=O)NCc2ccc3c(c2)OCO3)cc1. The summed E-state index contributed by atoms with van der Waals surface area (Å²) in [6.07, 6.45) is 3.24. The molecule has 5 heteroatoms. The lowest BCUT2D eigenvalue weighted by Gasteiger charge is -2.04. The highest BCUT2D eigenvalue weighted by Crippen LogP contribution is 2.32. The second-order valence-electron chi connectivity index (χ2n) is 4.91. The lowest BCUT2D eigenvalue weighted by atomic mass is 10.2. The van der Waals surface area contributed by atoms with Crippen LogP contribution < -0.4 is 20.5 Å². The molecule has 2 aromatic rings. The first-order chi connectivity index (χ1) is 10.7. The lowest BCUT2D eigenvalue weighted by molar-refractivity contribution is -0.116. The number of nitrogens with two attached hydrogens (primary N) is 1. The number of amides is 1. The molecular weight excluding hydrogens is 280 g/mol. The van der Waals surface area contributed by atoms with Gasteiger partial charge in [-0.25, -0.2) is 0 Å². The van der Waals surface area contributed by atoms with Crippen LogP contribution in [-0.4, -0.2) is 12.7 Å². The van der Waals surface area contributed by atoms with Gasteiger partial charge >= 0.3 is 0 Å². The number of hydrogen-bond donors (Lipinski definition) is 2. The summed E-state index contributed by atoms with van der Waals surface area (Å²) in [7, 11) is 0. The van der Waals surface area contributed by atoms with Gasteiger partial charge in [0.15, 0.2) is 11.5 Å². The van der Waals surface area contributed by atoms with Gasteiger partial charge < -0.3 is 20.5 Å². The van der Waals surface area contributed by atoms with Crippen LogP contribution in [0.15, 0.2) is 48.5 Å². The van der Waals surface area contributed by atoms with Gasteiger partial charge in [0.25, 0.3) is 0 Å². The highest BCUT2D eigenvalue weighted by molar-refractivity contribution is 5.91. The quantitative estimate of drug-likeness (QED) is 0.671. The predicted molar refractivity (Wildman–Crippen MR) is 84.3 cm³/mol. The Morgan fingerprint density at radius 1 is 1.14 bits per heavy atom.